The average Bonchev–Trinajstić information content (AvgIpc) is 3.34. The number of thiazole rings is 1. The van der Waals surface area contributed by atoms with Crippen LogP contribution in [0.2, 0.25) is 5.02 Å². The first-order chi connectivity index (χ1) is 13.2. The number of rotatable bonds is 5. The average molecular weight is 398 g/mol. The molecule has 0 spiro atoms. The van der Waals surface area contributed by atoms with Crippen molar-refractivity contribution < 1.29 is 4.79 Å². The van der Waals surface area contributed by atoms with Gasteiger partial charge in [0.1, 0.15) is 0 Å². The van der Waals surface area contributed by atoms with Crippen LogP contribution in [-0.4, -0.2) is 10.9 Å². The molecule has 0 aliphatic heterocycles. The Kier molecular flexibility index (Phi) is 5.41. The van der Waals surface area contributed by atoms with Gasteiger partial charge in [0.2, 0.25) is 5.91 Å². The molecule has 2 aromatic carbocycles. The lowest BCUT2D eigenvalue weighted by atomic mass is 10.1. The molecule has 1 aromatic heterocycles. The molecule has 138 valence electrons. The second kappa shape index (κ2) is 8.11. The highest BCUT2D eigenvalue weighted by molar-refractivity contribution is 7.14. The number of carbonyl (C=O) groups is 1. The van der Waals surface area contributed by atoms with Crippen molar-refractivity contribution in [3.8, 4) is 11.3 Å². The van der Waals surface area contributed by atoms with Crippen molar-refractivity contribution >= 4 is 45.4 Å². The van der Waals surface area contributed by atoms with Crippen LogP contribution in [0.3, 0.4) is 0 Å². The van der Waals surface area contributed by atoms with Crippen LogP contribution in [0.5, 0.6) is 0 Å². The van der Waals surface area contributed by atoms with E-state index in [1.807, 2.05) is 53.9 Å². The summed E-state index contributed by atoms with van der Waals surface area (Å²) in [5.74, 6) is 0.310. The van der Waals surface area contributed by atoms with E-state index in [1.54, 1.807) is 11.3 Å². The molecule has 1 saturated carbocycles. The Balaban J connectivity index is 1.41. The molecule has 1 aliphatic rings. The van der Waals surface area contributed by atoms with Crippen molar-refractivity contribution in [3.63, 3.8) is 0 Å². The highest BCUT2D eigenvalue weighted by Crippen LogP contribution is 2.29. The summed E-state index contributed by atoms with van der Waals surface area (Å²) in [5, 5.41) is 9.80. The molecular formula is C21H20ClN3OS. The summed E-state index contributed by atoms with van der Waals surface area (Å²) >= 11 is 7.56. The number of amides is 1. The summed E-state index contributed by atoms with van der Waals surface area (Å²) in [5.41, 5.74) is 3.67. The minimum atomic E-state index is 0.141. The van der Waals surface area contributed by atoms with Gasteiger partial charge in [-0.3, -0.25) is 4.79 Å². The van der Waals surface area contributed by atoms with Crippen LogP contribution in [0.15, 0.2) is 53.9 Å². The number of aromatic nitrogens is 1. The Morgan fingerprint density at radius 3 is 2.59 bits per heavy atom. The zero-order valence-electron chi connectivity index (χ0n) is 14.7. The smallest absolute Gasteiger partial charge is 0.227 e. The predicted octanol–water partition coefficient (Wildman–Crippen LogP) is 6.34. The van der Waals surface area contributed by atoms with Gasteiger partial charge in [-0.1, -0.05) is 42.6 Å². The maximum absolute atomic E-state index is 12.2. The summed E-state index contributed by atoms with van der Waals surface area (Å²) < 4.78 is 0. The first-order valence-corrected chi connectivity index (χ1v) is 10.3. The molecule has 1 aliphatic carbocycles. The number of anilines is 3. The number of carbonyl (C=O) groups excluding carboxylic acids is 1. The fourth-order valence-corrected chi connectivity index (χ4v) is 4.24. The zero-order valence-corrected chi connectivity index (χ0v) is 16.3. The van der Waals surface area contributed by atoms with Crippen LogP contribution in [0, 0.1) is 5.92 Å². The van der Waals surface area contributed by atoms with Gasteiger partial charge < -0.3 is 10.6 Å². The molecule has 1 amide bonds. The van der Waals surface area contributed by atoms with Crippen molar-refractivity contribution in [2.24, 2.45) is 5.92 Å². The number of nitrogens with one attached hydrogen (secondary N) is 2. The van der Waals surface area contributed by atoms with Gasteiger partial charge in [0.15, 0.2) is 5.13 Å². The van der Waals surface area contributed by atoms with Crippen molar-refractivity contribution in [2.45, 2.75) is 25.7 Å². The number of hydrogen-bond donors (Lipinski definition) is 2. The Hall–Kier alpha value is -2.37. The first-order valence-electron chi connectivity index (χ1n) is 9.07. The number of benzene rings is 2. The van der Waals surface area contributed by atoms with Gasteiger partial charge >= 0.3 is 0 Å². The fraction of sp³-hybridized carbons (Fsp3) is 0.238. The highest BCUT2D eigenvalue weighted by Gasteiger charge is 2.22. The summed E-state index contributed by atoms with van der Waals surface area (Å²) in [7, 11) is 0. The van der Waals surface area contributed by atoms with Gasteiger partial charge in [0, 0.05) is 33.3 Å². The van der Waals surface area contributed by atoms with Gasteiger partial charge in [-0.2, -0.15) is 0 Å². The van der Waals surface area contributed by atoms with Crippen LogP contribution >= 0.6 is 22.9 Å². The monoisotopic (exact) mass is 397 g/mol. The fourth-order valence-electron chi connectivity index (χ4n) is 3.31. The first kappa shape index (κ1) is 18.0. The van der Waals surface area contributed by atoms with Gasteiger partial charge in [-0.25, -0.2) is 4.98 Å². The summed E-state index contributed by atoms with van der Waals surface area (Å²) in [4.78, 5) is 16.9. The molecule has 1 fully saturated rings. The zero-order chi connectivity index (χ0) is 18.6. The van der Waals surface area contributed by atoms with Crippen LogP contribution in [0.25, 0.3) is 11.3 Å². The lowest BCUT2D eigenvalue weighted by molar-refractivity contribution is -0.119. The molecule has 27 heavy (non-hydrogen) atoms. The molecule has 2 N–H and O–H groups in total. The van der Waals surface area contributed by atoms with Crippen molar-refractivity contribution in [3.05, 3.63) is 58.9 Å². The Labute approximate surface area is 167 Å². The van der Waals surface area contributed by atoms with Crippen LogP contribution in [0.4, 0.5) is 16.5 Å². The maximum atomic E-state index is 12.2. The second-order valence-corrected chi connectivity index (χ2v) is 8.02. The van der Waals surface area contributed by atoms with E-state index in [9.17, 15) is 4.79 Å². The molecule has 0 atom stereocenters. The summed E-state index contributed by atoms with van der Waals surface area (Å²) in [6.45, 7) is 0. The van der Waals surface area contributed by atoms with E-state index >= 15 is 0 Å². The molecule has 0 bridgehead atoms. The Morgan fingerprint density at radius 2 is 1.85 bits per heavy atom. The van der Waals surface area contributed by atoms with Gasteiger partial charge in [0.05, 0.1) is 5.69 Å². The van der Waals surface area contributed by atoms with Crippen molar-refractivity contribution in [1.29, 1.82) is 0 Å². The second-order valence-electron chi connectivity index (χ2n) is 6.72. The van der Waals surface area contributed by atoms with Gasteiger partial charge in [-0.05, 0) is 43.2 Å². The number of halogens is 1. The standard InChI is InChI=1S/C21H20ClN3OS/c22-16-6-3-7-18(12-16)24-21-25-19(13-27-21)14-8-10-17(11-9-14)23-20(26)15-4-1-2-5-15/h3,6-13,15H,1-2,4-5H2,(H,23,26)(H,24,25). The largest absolute Gasteiger partial charge is 0.331 e. The quantitative estimate of drug-likeness (QED) is 0.528. The van der Waals surface area contributed by atoms with Crippen molar-refractivity contribution in [2.75, 3.05) is 10.6 Å². The van der Waals surface area contributed by atoms with Crippen LogP contribution in [-0.2, 0) is 4.79 Å². The summed E-state index contributed by atoms with van der Waals surface area (Å²) in [6.07, 6.45) is 4.33. The number of hydrogen-bond acceptors (Lipinski definition) is 4. The molecule has 4 nitrogen and oxygen atoms in total. The molecule has 4 rings (SSSR count). The van der Waals surface area contributed by atoms with E-state index in [0.717, 1.165) is 53.4 Å². The van der Waals surface area contributed by atoms with Crippen molar-refractivity contribution in [1.82, 2.24) is 4.98 Å². The molecule has 0 saturated heterocycles. The minimum absolute atomic E-state index is 0.141. The minimum Gasteiger partial charge on any atom is -0.331 e. The molecule has 3 aromatic rings. The molecule has 0 radical (unpaired) electrons. The maximum Gasteiger partial charge on any atom is 0.227 e. The Bertz CT molecular complexity index is 933. The third-order valence-electron chi connectivity index (χ3n) is 4.75. The van der Waals surface area contributed by atoms with E-state index in [1.165, 1.54) is 0 Å². The summed E-state index contributed by atoms with van der Waals surface area (Å²) in [6, 6.07) is 15.4. The number of nitrogens with zero attached hydrogens (tertiary/aromatic N) is 1. The SMILES string of the molecule is O=C(Nc1ccc(-c2csc(Nc3cccc(Cl)c3)n2)cc1)C1CCCC1. The normalized spacial score (nSPS) is 14.3. The topological polar surface area (TPSA) is 54.0 Å². The molecule has 6 heteroatoms. The molecule has 1 heterocycles. The molecular weight excluding hydrogens is 378 g/mol. The highest BCUT2D eigenvalue weighted by atomic mass is 35.5. The predicted molar refractivity (Wildman–Crippen MR) is 113 cm³/mol. The third kappa shape index (κ3) is 4.49. The van der Waals surface area contributed by atoms with E-state index < -0.39 is 0 Å². The van der Waals surface area contributed by atoms with E-state index in [0.29, 0.717) is 5.02 Å². The lowest BCUT2D eigenvalue weighted by Gasteiger charge is -2.10. The van der Waals surface area contributed by atoms with Crippen LogP contribution < -0.4 is 10.6 Å². The third-order valence-corrected chi connectivity index (χ3v) is 5.75. The van der Waals surface area contributed by atoms with E-state index in [-0.39, 0.29) is 11.8 Å². The van der Waals surface area contributed by atoms with Gasteiger partial charge in [-0.15, -0.1) is 11.3 Å². The molecule has 0 unspecified atom stereocenters. The lowest BCUT2D eigenvalue weighted by Crippen LogP contribution is -2.20. The van der Waals surface area contributed by atoms with E-state index in [2.05, 4.69) is 15.6 Å². The van der Waals surface area contributed by atoms with Gasteiger partial charge in [0.25, 0.3) is 0 Å². The van der Waals surface area contributed by atoms with E-state index in [4.69, 9.17) is 11.6 Å². The van der Waals surface area contributed by atoms with Crippen LogP contribution in [0.1, 0.15) is 25.7 Å². The Morgan fingerprint density at radius 1 is 1.07 bits per heavy atom.